The summed E-state index contributed by atoms with van der Waals surface area (Å²) in [4.78, 5) is 1.69. The summed E-state index contributed by atoms with van der Waals surface area (Å²) in [5.41, 5.74) is 2.50. The molecule has 0 aliphatic heterocycles. The molecule has 1 aromatic carbocycles. The standard InChI is InChI=1S/C15H24F2N2/c1-4-18-14(9-10-19(3)11-15(16)17)13-8-6-5-7-12(13)2/h5-8,14-15,18H,4,9-11H2,1-3H3. The predicted molar refractivity (Wildman–Crippen MR) is 75.7 cm³/mol. The summed E-state index contributed by atoms with van der Waals surface area (Å²) in [6.45, 7) is 5.53. The van der Waals surface area contributed by atoms with E-state index in [1.807, 2.05) is 12.1 Å². The second kappa shape index (κ2) is 8.23. The highest BCUT2D eigenvalue weighted by Gasteiger charge is 2.14. The topological polar surface area (TPSA) is 15.3 Å². The van der Waals surface area contributed by atoms with Gasteiger partial charge >= 0.3 is 0 Å². The maximum absolute atomic E-state index is 12.3. The third kappa shape index (κ3) is 5.66. The van der Waals surface area contributed by atoms with E-state index in [0.717, 1.165) is 13.0 Å². The van der Waals surface area contributed by atoms with E-state index in [4.69, 9.17) is 0 Å². The molecule has 4 heteroatoms. The number of nitrogens with zero attached hydrogens (tertiary/aromatic N) is 1. The van der Waals surface area contributed by atoms with E-state index < -0.39 is 6.43 Å². The average molecular weight is 270 g/mol. The summed E-state index contributed by atoms with van der Waals surface area (Å²) >= 11 is 0. The molecule has 0 spiro atoms. The van der Waals surface area contributed by atoms with Crippen molar-refractivity contribution >= 4 is 0 Å². The number of nitrogens with one attached hydrogen (secondary N) is 1. The van der Waals surface area contributed by atoms with Gasteiger partial charge in [-0.25, -0.2) is 8.78 Å². The minimum atomic E-state index is -2.26. The van der Waals surface area contributed by atoms with E-state index in [0.29, 0.717) is 6.54 Å². The monoisotopic (exact) mass is 270 g/mol. The van der Waals surface area contributed by atoms with Gasteiger partial charge in [0.15, 0.2) is 0 Å². The van der Waals surface area contributed by atoms with Crippen LogP contribution in [0.2, 0.25) is 0 Å². The Morgan fingerprint density at radius 1 is 1.26 bits per heavy atom. The second-order valence-electron chi connectivity index (χ2n) is 4.91. The molecule has 0 aliphatic carbocycles. The van der Waals surface area contributed by atoms with Gasteiger partial charge in [0.1, 0.15) is 0 Å². The molecule has 0 bridgehead atoms. The van der Waals surface area contributed by atoms with Crippen LogP contribution in [0.3, 0.4) is 0 Å². The molecule has 2 nitrogen and oxygen atoms in total. The minimum Gasteiger partial charge on any atom is -0.310 e. The zero-order chi connectivity index (χ0) is 14.3. The molecule has 1 unspecified atom stereocenters. The van der Waals surface area contributed by atoms with E-state index in [-0.39, 0.29) is 12.6 Å². The van der Waals surface area contributed by atoms with Gasteiger partial charge in [0.25, 0.3) is 6.43 Å². The molecule has 0 heterocycles. The minimum absolute atomic E-state index is 0.160. The molecule has 1 rings (SSSR count). The van der Waals surface area contributed by atoms with Crippen molar-refractivity contribution in [3.63, 3.8) is 0 Å². The Kier molecular flexibility index (Phi) is 6.95. The molecule has 0 saturated heterocycles. The largest absolute Gasteiger partial charge is 0.310 e. The number of hydrogen-bond acceptors (Lipinski definition) is 2. The molecule has 0 aliphatic rings. The van der Waals surface area contributed by atoms with E-state index in [1.54, 1.807) is 11.9 Å². The summed E-state index contributed by atoms with van der Waals surface area (Å²) in [7, 11) is 1.74. The number of hydrogen-bond donors (Lipinski definition) is 1. The van der Waals surface area contributed by atoms with Crippen LogP contribution in [-0.4, -0.2) is 38.0 Å². The quantitative estimate of drug-likeness (QED) is 0.780. The van der Waals surface area contributed by atoms with Crippen LogP contribution in [0.25, 0.3) is 0 Å². The summed E-state index contributed by atoms with van der Waals surface area (Å²) in [6.07, 6.45) is -1.43. The Bertz CT molecular complexity index is 369. The lowest BCUT2D eigenvalue weighted by molar-refractivity contribution is 0.0985. The van der Waals surface area contributed by atoms with Gasteiger partial charge in [0.2, 0.25) is 0 Å². The first-order valence-corrected chi connectivity index (χ1v) is 6.80. The van der Waals surface area contributed by atoms with Crippen molar-refractivity contribution in [2.45, 2.75) is 32.7 Å². The van der Waals surface area contributed by atoms with Crippen molar-refractivity contribution in [2.75, 3.05) is 26.7 Å². The van der Waals surface area contributed by atoms with Gasteiger partial charge in [-0.1, -0.05) is 31.2 Å². The van der Waals surface area contributed by atoms with Crippen LogP contribution in [0.1, 0.15) is 30.5 Å². The zero-order valence-corrected chi connectivity index (χ0v) is 12.0. The third-order valence-electron chi connectivity index (χ3n) is 3.26. The van der Waals surface area contributed by atoms with Gasteiger partial charge in [-0.15, -0.1) is 0 Å². The van der Waals surface area contributed by atoms with Crippen LogP contribution >= 0.6 is 0 Å². The first-order chi connectivity index (χ1) is 9.04. The Morgan fingerprint density at radius 3 is 2.53 bits per heavy atom. The van der Waals surface area contributed by atoms with Crippen molar-refractivity contribution in [3.05, 3.63) is 35.4 Å². The summed E-state index contributed by atoms with van der Waals surface area (Å²) in [6, 6.07) is 8.46. The first kappa shape index (κ1) is 16.1. The van der Waals surface area contributed by atoms with Crippen molar-refractivity contribution < 1.29 is 8.78 Å². The molecule has 108 valence electrons. The van der Waals surface area contributed by atoms with Crippen LogP contribution in [-0.2, 0) is 0 Å². The fourth-order valence-corrected chi connectivity index (χ4v) is 2.27. The molecule has 0 aromatic heterocycles. The van der Waals surface area contributed by atoms with Gasteiger partial charge in [0.05, 0.1) is 6.54 Å². The third-order valence-corrected chi connectivity index (χ3v) is 3.26. The van der Waals surface area contributed by atoms with Gasteiger partial charge in [-0.3, -0.25) is 0 Å². The smallest absolute Gasteiger partial charge is 0.251 e. The molecule has 0 amide bonds. The van der Waals surface area contributed by atoms with E-state index in [9.17, 15) is 8.78 Å². The molecule has 0 saturated carbocycles. The molecule has 0 fully saturated rings. The highest BCUT2D eigenvalue weighted by atomic mass is 19.3. The average Bonchev–Trinajstić information content (AvgIpc) is 2.34. The van der Waals surface area contributed by atoms with Crippen molar-refractivity contribution in [2.24, 2.45) is 0 Å². The van der Waals surface area contributed by atoms with E-state index in [2.05, 4.69) is 31.3 Å². The molecular formula is C15H24F2N2. The van der Waals surface area contributed by atoms with Crippen LogP contribution in [0.5, 0.6) is 0 Å². The summed E-state index contributed by atoms with van der Waals surface area (Å²) in [5.74, 6) is 0. The maximum Gasteiger partial charge on any atom is 0.251 e. The Labute approximate surface area is 114 Å². The fraction of sp³-hybridized carbons (Fsp3) is 0.600. The first-order valence-electron chi connectivity index (χ1n) is 6.80. The lowest BCUT2D eigenvalue weighted by atomic mass is 9.98. The number of rotatable bonds is 8. The molecule has 19 heavy (non-hydrogen) atoms. The fourth-order valence-electron chi connectivity index (χ4n) is 2.27. The highest BCUT2D eigenvalue weighted by Crippen LogP contribution is 2.20. The van der Waals surface area contributed by atoms with E-state index >= 15 is 0 Å². The lowest BCUT2D eigenvalue weighted by Gasteiger charge is -2.23. The SMILES string of the molecule is CCNC(CCN(C)CC(F)F)c1ccccc1C. The normalized spacial score (nSPS) is 13.2. The van der Waals surface area contributed by atoms with Gasteiger partial charge < -0.3 is 10.2 Å². The number of halogens is 2. The number of aryl methyl sites for hydroxylation is 1. The molecular weight excluding hydrogens is 246 g/mol. The van der Waals surface area contributed by atoms with E-state index in [1.165, 1.54) is 11.1 Å². The zero-order valence-electron chi connectivity index (χ0n) is 12.0. The van der Waals surface area contributed by atoms with Crippen LogP contribution in [0.15, 0.2) is 24.3 Å². The number of benzene rings is 1. The van der Waals surface area contributed by atoms with Crippen molar-refractivity contribution in [1.29, 1.82) is 0 Å². The Hall–Kier alpha value is -1.00. The van der Waals surface area contributed by atoms with Crippen molar-refractivity contribution in [3.8, 4) is 0 Å². The molecule has 0 radical (unpaired) electrons. The summed E-state index contributed by atoms with van der Waals surface area (Å²) < 4.78 is 24.6. The van der Waals surface area contributed by atoms with Crippen LogP contribution in [0.4, 0.5) is 8.78 Å². The second-order valence-corrected chi connectivity index (χ2v) is 4.91. The van der Waals surface area contributed by atoms with Gasteiger partial charge in [0, 0.05) is 6.04 Å². The maximum atomic E-state index is 12.3. The van der Waals surface area contributed by atoms with Gasteiger partial charge in [-0.2, -0.15) is 0 Å². The highest BCUT2D eigenvalue weighted by molar-refractivity contribution is 5.28. The van der Waals surface area contributed by atoms with Gasteiger partial charge in [-0.05, 0) is 44.6 Å². The Morgan fingerprint density at radius 2 is 1.95 bits per heavy atom. The van der Waals surface area contributed by atoms with Crippen LogP contribution in [0, 0.1) is 6.92 Å². The Balaban J connectivity index is 2.61. The summed E-state index contributed by atoms with van der Waals surface area (Å²) in [5, 5.41) is 3.43. The molecule has 1 N–H and O–H groups in total. The molecule has 1 aromatic rings. The predicted octanol–water partition coefficient (Wildman–Crippen LogP) is 3.23. The lowest BCUT2D eigenvalue weighted by Crippen LogP contribution is -2.30. The molecule has 1 atom stereocenters. The number of alkyl halides is 2. The van der Waals surface area contributed by atoms with Crippen molar-refractivity contribution in [1.82, 2.24) is 10.2 Å². The van der Waals surface area contributed by atoms with Crippen LogP contribution < -0.4 is 5.32 Å².